The second-order valence-corrected chi connectivity index (χ2v) is 6.10. The number of rotatable bonds is 4. The van der Waals surface area contributed by atoms with Gasteiger partial charge in [0.05, 0.1) is 12.5 Å². The fourth-order valence-electron chi connectivity index (χ4n) is 2.85. The molecule has 1 aliphatic heterocycles. The third kappa shape index (κ3) is 4.48. The monoisotopic (exact) mass is 319 g/mol. The van der Waals surface area contributed by atoms with Crippen molar-refractivity contribution in [3.05, 3.63) is 12.2 Å². The summed E-state index contributed by atoms with van der Waals surface area (Å²) in [6, 6.07) is 0. The molecule has 1 fully saturated rings. The third-order valence-electron chi connectivity index (χ3n) is 4.28. The van der Waals surface area contributed by atoms with E-state index in [9.17, 15) is 22.8 Å². The van der Waals surface area contributed by atoms with Crippen LogP contribution < -0.4 is 0 Å². The molecule has 3 atom stereocenters. The molecule has 7 heteroatoms. The maximum atomic E-state index is 12.3. The molecule has 0 saturated carbocycles. The van der Waals surface area contributed by atoms with Crippen LogP contribution in [-0.4, -0.2) is 42.6 Å². The number of hydrogen-bond donors (Lipinski definition) is 0. The molecule has 2 aliphatic rings. The summed E-state index contributed by atoms with van der Waals surface area (Å²) in [4.78, 5) is 24.2. The number of esters is 1. The van der Waals surface area contributed by atoms with Crippen LogP contribution in [0.5, 0.6) is 0 Å². The van der Waals surface area contributed by atoms with E-state index in [2.05, 4.69) is 13.0 Å². The van der Waals surface area contributed by atoms with Crippen LogP contribution in [0.4, 0.5) is 13.2 Å². The molecule has 0 spiro atoms. The lowest BCUT2D eigenvalue weighted by Gasteiger charge is -2.25. The number of halogens is 3. The predicted octanol–water partition coefficient (Wildman–Crippen LogP) is 2.54. The molecule has 2 rings (SSSR count). The summed E-state index contributed by atoms with van der Waals surface area (Å²) in [5.41, 5.74) is 0. The van der Waals surface area contributed by atoms with Gasteiger partial charge in [-0.15, -0.1) is 0 Å². The Morgan fingerprint density at radius 3 is 2.68 bits per heavy atom. The lowest BCUT2D eigenvalue weighted by molar-refractivity contribution is -0.158. The Labute approximate surface area is 127 Å². The zero-order valence-corrected chi connectivity index (χ0v) is 12.4. The van der Waals surface area contributed by atoms with E-state index >= 15 is 0 Å². The van der Waals surface area contributed by atoms with Crippen molar-refractivity contribution < 1.29 is 27.5 Å². The molecule has 1 amide bonds. The van der Waals surface area contributed by atoms with Gasteiger partial charge in [0.1, 0.15) is 6.54 Å². The highest BCUT2D eigenvalue weighted by Crippen LogP contribution is 2.27. The largest absolute Gasteiger partial charge is 0.465 e. The van der Waals surface area contributed by atoms with E-state index in [1.54, 1.807) is 0 Å². The number of alkyl halides is 3. The number of amides is 1. The normalized spacial score (nSPS) is 29.0. The van der Waals surface area contributed by atoms with Gasteiger partial charge in [-0.25, -0.2) is 0 Å². The number of ether oxygens (including phenoxy) is 1. The first-order chi connectivity index (χ1) is 10.3. The third-order valence-corrected chi connectivity index (χ3v) is 4.28. The minimum Gasteiger partial charge on any atom is -0.465 e. The van der Waals surface area contributed by atoms with Gasteiger partial charge in [0.2, 0.25) is 5.91 Å². The molecule has 0 radical (unpaired) electrons. The molecular weight excluding hydrogens is 299 g/mol. The molecule has 0 unspecified atom stereocenters. The SMILES string of the molecule is C[C@@H]1CC=CC[C@@H]1COC(=O)[C@@H]1CC(=O)N(CC(F)(F)F)C1. The van der Waals surface area contributed by atoms with Crippen molar-refractivity contribution in [1.82, 2.24) is 4.90 Å². The number of likely N-dealkylation sites (tertiary alicyclic amines) is 1. The van der Waals surface area contributed by atoms with E-state index < -0.39 is 30.5 Å². The number of carbonyl (C=O) groups excluding carboxylic acids is 2. The number of carbonyl (C=O) groups is 2. The average molecular weight is 319 g/mol. The van der Waals surface area contributed by atoms with Gasteiger partial charge in [-0.3, -0.25) is 9.59 Å². The van der Waals surface area contributed by atoms with Crippen LogP contribution in [0.2, 0.25) is 0 Å². The molecule has 0 bridgehead atoms. The number of hydrogen-bond acceptors (Lipinski definition) is 3. The summed E-state index contributed by atoms with van der Waals surface area (Å²) < 4.78 is 42.2. The van der Waals surface area contributed by atoms with Crippen molar-refractivity contribution in [3.8, 4) is 0 Å². The molecule has 1 aliphatic carbocycles. The Balaban J connectivity index is 1.81. The van der Waals surface area contributed by atoms with E-state index in [0.717, 1.165) is 12.8 Å². The smallest absolute Gasteiger partial charge is 0.406 e. The second-order valence-electron chi connectivity index (χ2n) is 6.10. The summed E-state index contributed by atoms with van der Waals surface area (Å²) in [5.74, 6) is -1.36. The lowest BCUT2D eigenvalue weighted by atomic mass is 9.85. The van der Waals surface area contributed by atoms with Crippen LogP contribution in [0.3, 0.4) is 0 Å². The maximum Gasteiger partial charge on any atom is 0.406 e. The topological polar surface area (TPSA) is 46.6 Å². The molecule has 22 heavy (non-hydrogen) atoms. The van der Waals surface area contributed by atoms with Crippen LogP contribution in [0.15, 0.2) is 12.2 Å². The zero-order valence-electron chi connectivity index (χ0n) is 12.4. The molecule has 0 aromatic carbocycles. The predicted molar refractivity (Wildman–Crippen MR) is 72.7 cm³/mol. The average Bonchev–Trinajstić information content (AvgIpc) is 2.77. The molecule has 0 aromatic heterocycles. The standard InChI is InChI=1S/C15H20F3NO3/c1-10-4-2-3-5-11(10)8-22-14(21)12-6-13(20)19(7-12)9-15(16,17)18/h2-3,10-12H,4-9H2,1H3/t10-,11-,12-/m1/s1. The Morgan fingerprint density at radius 2 is 2.05 bits per heavy atom. The van der Waals surface area contributed by atoms with Gasteiger partial charge in [0.15, 0.2) is 0 Å². The van der Waals surface area contributed by atoms with Crippen LogP contribution in [0, 0.1) is 17.8 Å². The van der Waals surface area contributed by atoms with E-state index in [1.165, 1.54) is 0 Å². The first-order valence-electron chi connectivity index (χ1n) is 7.42. The molecule has 1 saturated heterocycles. The zero-order chi connectivity index (χ0) is 16.3. The summed E-state index contributed by atoms with van der Waals surface area (Å²) in [6.07, 6.45) is 1.26. The highest BCUT2D eigenvalue weighted by atomic mass is 19.4. The van der Waals surface area contributed by atoms with Crippen molar-refractivity contribution >= 4 is 11.9 Å². The molecular formula is C15H20F3NO3. The molecule has 0 N–H and O–H groups in total. The van der Waals surface area contributed by atoms with Gasteiger partial charge in [-0.1, -0.05) is 19.1 Å². The van der Waals surface area contributed by atoms with Gasteiger partial charge in [0.25, 0.3) is 0 Å². The van der Waals surface area contributed by atoms with E-state index in [1.807, 2.05) is 6.08 Å². The Kier molecular flexibility index (Phi) is 5.13. The summed E-state index contributed by atoms with van der Waals surface area (Å²) in [7, 11) is 0. The number of nitrogens with zero attached hydrogens (tertiary/aromatic N) is 1. The Bertz CT molecular complexity index is 461. The summed E-state index contributed by atoms with van der Waals surface area (Å²) >= 11 is 0. The van der Waals surface area contributed by atoms with Crippen LogP contribution in [0.1, 0.15) is 26.2 Å². The minimum atomic E-state index is -4.45. The van der Waals surface area contributed by atoms with Crippen molar-refractivity contribution in [3.63, 3.8) is 0 Å². The van der Waals surface area contributed by atoms with E-state index in [0.29, 0.717) is 10.8 Å². The van der Waals surface area contributed by atoms with Crippen LogP contribution >= 0.6 is 0 Å². The molecule has 1 heterocycles. The van der Waals surface area contributed by atoms with Crippen LogP contribution in [0.25, 0.3) is 0 Å². The van der Waals surface area contributed by atoms with Gasteiger partial charge in [-0.05, 0) is 24.7 Å². The molecule has 0 aromatic rings. The van der Waals surface area contributed by atoms with Gasteiger partial charge in [-0.2, -0.15) is 13.2 Å². The quantitative estimate of drug-likeness (QED) is 0.591. The highest BCUT2D eigenvalue weighted by Gasteiger charge is 2.41. The fraction of sp³-hybridized carbons (Fsp3) is 0.733. The van der Waals surface area contributed by atoms with Crippen molar-refractivity contribution in [2.24, 2.45) is 17.8 Å². The van der Waals surface area contributed by atoms with E-state index in [4.69, 9.17) is 4.74 Å². The van der Waals surface area contributed by atoms with E-state index in [-0.39, 0.29) is 25.5 Å². The highest BCUT2D eigenvalue weighted by molar-refractivity contribution is 5.86. The second kappa shape index (κ2) is 6.71. The molecule has 4 nitrogen and oxygen atoms in total. The van der Waals surface area contributed by atoms with Gasteiger partial charge < -0.3 is 9.64 Å². The van der Waals surface area contributed by atoms with Crippen molar-refractivity contribution in [2.45, 2.75) is 32.4 Å². The summed E-state index contributed by atoms with van der Waals surface area (Å²) in [5, 5.41) is 0. The van der Waals surface area contributed by atoms with Crippen molar-refractivity contribution in [2.75, 3.05) is 19.7 Å². The fourth-order valence-corrected chi connectivity index (χ4v) is 2.85. The maximum absolute atomic E-state index is 12.3. The van der Waals surface area contributed by atoms with Gasteiger partial charge in [0, 0.05) is 13.0 Å². The lowest BCUT2D eigenvalue weighted by Crippen LogP contribution is -2.36. The van der Waals surface area contributed by atoms with Crippen molar-refractivity contribution in [1.29, 1.82) is 0 Å². The summed E-state index contributed by atoms with van der Waals surface area (Å²) in [6.45, 7) is 0.817. The van der Waals surface area contributed by atoms with Gasteiger partial charge >= 0.3 is 12.1 Å². The van der Waals surface area contributed by atoms with Crippen LogP contribution in [-0.2, 0) is 14.3 Å². The Morgan fingerprint density at radius 1 is 1.36 bits per heavy atom. The first kappa shape index (κ1) is 16.8. The first-order valence-corrected chi connectivity index (χ1v) is 7.42. The Hall–Kier alpha value is -1.53. The minimum absolute atomic E-state index is 0.199. The molecule has 124 valence electrons. The number of allylic oxidation sites excluding steroid dienone is 2.